The molecule has 10 heteroatoms. The molecule has 0 heterocycles. The maximum absolute atomic E-state index is 12.8. The van der Waals surface area contributed by atoms with E-state index in [4.69, 9.17) is 27.9 Å². The molecular weight excluding hydrogens is 391 g/mol. The van der Waals surface area contributed by atoms with Gasteiger partial charge in [0, 0.05) is 19.7 Å². The Hall–Kier alpha value is -1.87. The average Bonchev–Trinajstić information content (AvgIpc) is 2.58. The Morgan fingerprint density at radius 3 is 2.52 bits per heavy atom. The van der Waals surface area contributed by atoms with Crippen LogP contribution in [-0.4, -0.2) is 31.8 Å². The number of ether oxygens (including phenoxy) is 1. The molecule has 7 nitrogen and oxygen atoms in total. The summed E-state index contributed by atoms with van der Waals surface area (Å²) >= 11 is 12.0. The number of sulfonamides is 1. The summed E-state index contributed by atoms with van der Waals surface area (Å²) in [5, 5.41) is 11.4. The Bertz CT molecular complexity index is 918. The summed E-state index contributed by atoms with van der Waals surface area (Å²) in [7, 11) is -1.36. The lowest BCUT2D eigenvalue weighted by Crippen LogP contribution is -2.27. The van der Waals surface area contributed by atoms with Crippen LogP contribution in [0.25, 0.3) is 0 Å². The minimum Gasteiger partial charge on any atom is -0.495 e. The van der Waals surface area contributed by atoms with Gasteiger partial charge >= 0.3 is 0 Å². The molecule has 0 saturated heterocycles. The summed E-state index contributed by atoms with van der Waals surface area (Å²) in [4.78, 5) is 10.0. The van der Waals surface area contributed by atoms with Crippen molar-refractivity contribution in [2.24, 2.45) is 0 Å². The van der Waals surface area contributed by atoms with Crippen molar-refractivity contribution in [3.63, 3.8) is 0 Å². The zero-order chi connectivity index (χ0) is 18.8. The molecular formula is C15H14Cl2N2O5S. The minimum atomic E-state index is -3.97. The number of nitro groups is 1. The van der Waals surface area contributed by atoms with Crippen LogP contribution in [0.5, 0.6) is 5.75 Å². The van der Waals surface area contributed by atoms with Gasteiger partial charge < -0.3 is 4.74 Å². The van der Waals surface area contributed by atoms with Gasteiger partial charge in [-0.3, -0.25) is 10.1 Å². The molecule has 0 fully saturated rings. The van der Waals surface area contributed by atoms with E-state index in [1.807, 2.05) is 0 Å². The van der Waals surface area contributed by atoms with E-state index in [1.165, 1.54) is 14.2 Å². The van der Waals surface area contributed by atoms with Crippen LogP contribution in [-0.2, 0) is 16.6 Å². The van der Waals surface area contributed by atoms with Crippen molar-refractivity contribution in [3.8, 4) is 5.75 Å². The van der Waals surface area contributed by atoms with Gasteiger partial charge in [0.25, 0.3) is 5.69 Å². The van der Waals surface area contributed by atoms with Crippen LogP contribution in [0, 0.1) is 10.1 Å². The molecule has 2 aromatic carbocycles. The van der Waals surface area contributed by atoms with Gasteiger partial charge in [0.15, 0.2) is 0 Å². The monoisotopic (exact) mass is 404 g/mol. The van der Waals surface area contributed by atoms with Crippen LogP contribution in [0.3, 0.4) is 0 Å². The molecule has 0 spiro atoms. The van der Waals surface area contributed by atoms with Crippen molar-refractivity contribution in [2.45, 2.75) is 11.4 Å². The normalized spacial score (nSPS) is 11.6. The quantitative estimate of drug-likeness (QED) is 0.540. The second-order valence-electron chi connectivity index (χ2n) is 5.07. The molecule has 0 aliphatic rings. The molecule has 0 unspecified atom stereocenters. The molecule has 0 radical (unpaired) electrons. The van der Waals surface area contributed by atoms with Crippen molar-refractivity contribution in [1.82, 2.24) is 4.31 Å². The number of benzene rings is 2. The van der Waals surface area contributed by atoms with E-state index in [0.717, 1.165) is 22.5 Å². The highest BCUT2D eigenvalue weighted by Crippen LogP contribution is 2.32. The second kappa shape index (κ2) is 7.57. The van der Waals surface area contributed by atoms with E-state index in [1.54, 1.807) is 18.2 Å². The number of nitro benzene ring substituents is 1. The lowest BCUT2D eigenvalue weighted by atomic mass is 10.2. The predicted molar refractivity (Wildman–Crippen MR) is 94.8 cm³/mol. The highest BCUT2D eigenvalue weighted by atomic mass is 35.5. The lowest BCUT2D eigenvalue weighted by Gasteiger charge is -2.19. The number of methoxy groups -OCH3 is 1. The Kier molecular flexibility index (Phi) is 5.89. The molecule has 0 N–H and O–H groups in total. The van der Waals surface area contributed by atoms with Crippen LogP contribution in [0.15, 0.2) is 41.3 Å². The van der Waals surface area contributed by atoms with Gasteiger partial charge in [-0.25, -0.2) is 8.42 Å². The van der Waals surface area contributed by atoms with Crippen LogP contribution < -0.4 is 4.74 Å². The van der Waals surface area contributed by atoms with Crippen LogP contribution >= 0.6 is 23.2 Å². The van der Waals surface area contributed by atoms with E-state index in [2.05, 4.69) is 0 Å². The van der Waals surface area contributed by atoms with Gasteiger partial charge in [0.1, 0.15) is 10.6 Å². The number of hydrogen-bond donors (Lipinski definition) is 0. The maximum atomic E-state index is 12.8. The third-order valence-corrected chi connectivity index (χ3v) is 6.17. The Morgan fingerprint density at radius 2 is 1.92 bits per heavy atom. The topological polar surface area (TPSA) is 89.7 Å². The molecule has 2 aromatic rings. The minimum absolute atomic E-state index is 0.0259. The van der Waals surface area contributed by atoms with Gasteiger partial charge in [-0.15, -0.1) is 0 Å². The average molecular weight is 405 g/mol. The molecule has 2 rings (SSSR count). The van der Waals surface area contributed by atoms with E-state index in [0.29, 0.717) is 10.6 Å². The van der Waals surface area contributed by atoms with E-state index >= 15 is 0 Å². The number of rotatable bonds is 6. The van der Waals surface area contributed by atoms with Gasteiger partial charge in [-0.05, 0) is 17.7 Å². The molecule has 0 aliphatic carbocycles. The predicted octanol–water partition coefficient (Wildman–Crippen LogP) is 3.73. The molecule has 0 saturated carbocycles. The highest BCUT2D eigenvalue weighted by Gasteiger charge is 2.27. The smallest absolute Gasteiger partial charge is 0.273 e. The first-order valence-electron chi connectivity index (χ1n) is 6.90. The second-order valence-corrected chi connectivity index (χ2v) is 7.86. The number of non-ortho nitro benzene ring substituents is 1. The van der Waals surface area contributed by atoms with Gasteiger partial charge in [-0.1, -0.05) is 35.3 Å². The zero-order valence-electron chi connectivity index (χ0n) is 13.3. The molecule has 0 atom stereocenters. The van der Waals surface area contributed by atoms with Crippen LogP contribution in [0.2, 0.25) is 10.0 Å². The fraction of sp³-hybridized carbons (Fsp3) is 0.200. The summed E-state index contributed by atoms with van der Waals surface area (Å²) in [6.45, 7) is -0.0259. The van der Waals surface area contributed by atoms with Gasteiger partial charge in [-0.2, -0.15) is 4.31 Å². The number of halogens is 2. The molecule has 25 heavy (non-hydrogen) atoms. The number of nitrogens with zero attached hydrogens (tertiary/aromatic N) is 2. The first-order chi connectivity index (χ1) is 11.7. The molecule has 0 amide bonds. The van der Waals surface area contributed by atoms with Crippen molar-refractivity contribution >= 4 is 38.9 Å². The Labute approximate surface area is 154 Å². The van der Waals surface area contributed by atoms with Crippen molar-refractivity contribution in [3.05, 3.63) is 62.1 Å². The third kappa shape index (κ3) is 4.04. The first-order valence-corrected chi connectivity index (χ1v) is 9.09. The molecule has 0 aromatic heterocycles. The first kappa shape index (κ1) is 19.5. The summed E-state index contributed by atoms with van der Waals surface area (Å²) in [5.41, 5.74) is 0.262. The fourth-order valence-electron chi connectivity index (χ4n) is 2.15. The van der Waals surface area contributed by atoms with Crippen molar-refractivity contribution in [1.29, 1.82) is 0 Å². The summed E-state index contributed by atoms with van der Waals surface area (Å²) in [6, 6.07) is 8.23. The van der Waals surface area contributed by atoms with E-state index in [-0.39, 0.29) is 27.9 Å². The van der Waals surface area contributed by atoms with Crippen molar-refractivity contribution < 1.29 is 18.1 Å². The molecule has 0 bridgehead atoms. The van der Waals surface area contributed by atoms with Gasteiger partial charge in [0.2, 0.25) is 10.0 Å². The standard InChI is InChI=1S/C15H14Cl2N2O5S/c1-18(9-10-4-3-5-12(16)15(10)17)25(22,23)14-7-6-11(19(20)21)8-13(14)24-2/h3-8H,9H2,1-2H3. The van der Waals surface area contributed by atoms with Crippen LogP contribution in [0.1, 0.15) is 5.56 Å². The maximum Gasteiger partial charge on any atom is 0.273 e. The largest absolute Gasteiger partial charge is 0.495 e. The van der Waals surface area contributed by atoms with Crippen molar-refractivity contribution in [2.75, 3.05) is 14.2 Å². The molecule has 134 valence electrons. The third-order valence-electron chi connectivity index (χ3n) is 3.47. The Balaban J connectivity index is 2.40. The van der Waals surface area contributed by atoms with E-state index in [9.17, 15) is 18.5 Å². The fourth-order valence-corrected chi connectivity index (χ4v) is 3.81. The van der Waals surface area contributed by atoms with E-state index < -0.39 is 14.9 Å². The summed E-state index contributed by atoms with van der Waals surface area (Å²) in [5.74, 6) is -0.113. The summed E-state index contributed by atoms with van der Waals surface area (Å²) < 4.78 is 31.7. The SMILES string of the molecule is COc1cc([N+](=O)[O-])ccc1S(=O)(=O)N(C)Cc1cccc(Cl)c1Cl. The lowest BCUT2D eigenvalue weighted by molar-refractivity contribution is -0.385. The highest BCUT2D eigenvalue weighted by molar-refractivity contribution is 7.89. The number of hydrogen-bond acceptors (Lipinski definition) is 5. The zero-order valence-corrected chi connectivity index (χ0v) is 15.6. The Morgan fingerprint density at radius 1 is 1.24 bits per heavy atom. The van der Waals surface area contributed by atoms with Gasteiger partial charge in [0.05, 0.1) is 28.1 Å². The van der Waals surface area contributed by atoms with Crippen LogP contribution in [0.4, 0.5) is 5.69 Å². The summed E-state index contributed by atoms with van der Waals surface area (Å²) in [6.07, 6.45) is 0. The molecule has 0 aliphatic heterocycles.